The summed E-state index contributed by atoms with van der Waals surface area (Å²) in [6.07, 6.45) is 1.84. The number of anilines is 1. The number of nitrogens with one attached hydrogen (secondary N) is 1. The number of ether oxygens (including phenoxy) is 1. The van der Waals surface area contributed by atoms with Crippen LogP contribution in [-0.2, 0) is 14.8 Å². The first kappa shape index (κ1) is 22.6. The Bertz CT molecular complexity index is 757. The zero-order valence-corrected chi connectivity index (χ0v) is 18.2. The molecule has 1 aromatic carbocycles. The van der Waals surface area contributed by atoms with E-state index in [0.29, 0.717) is 45.0 Å². The van der Waals surface area contributed by atoms with E-state index < -0.39 is 10.0 Å². The van der Waals surface area contributed by atoms with Gasteiger partial charge in [0.05, 0.1) is 23.7 Å². The molecule has 0 aromatic heterocycles. The number of rotatable bonds is 9. The van der Waals surface area contributed by atoms with Crippen molar-refractivity contribution in [2.24, 2.45) is 0 Å². The van der Waals surface area contributed by atoms with Gasteiger partial charge in [-0.15, -0.1) is 0 Å². The monoisotopic (exact) mass is 411 g/mol. The number of sulfonamides is 1. The molecule has 158 valence electrons. The van der Waals surface area contributed by atoms with Crippen molar-refractivity contribution in [3.63, 3.8) is 0 Å². The van der Waals surface area contributed by atoms with Gasteiger partial charge in [0.2, 0.25) is 10.0 Å². The fraction of sp³-hybridized carbons (Fsp3) is 0.650. The summed E-state index contributed by atoms with van der Waals surface area (Å²) in [4.78, 5) is 15.2. The standard InChI is InChI=1S/C20H33N3O4S/c1-5-8-16(4)21-20(24)18-15-17(28(25,26)23(6-2)7-3)9-10-19(18)22-11-13-27-14-12-22/h9-10,15-16H,5-8,11-14H2,1-4H3,(H,21,24)/t16-/m1/s1. The van der Waals surface area contributed by atoms with Crippen LogP contribution in [0.3, 0.4) is 0 Å². The molecule has 1 aromatic rings. The SMILES string of the molecule is CCC[C@@H](C)NC(=O)c1cc(S(=O)(=O)N(CC)CC)ccc1N1CCOCC1. The Kier molecular flexibility index (Phi) is 8.27. The second-order valence-electron chi connectivity index (χ2n) is 7.03. The highest BCUT2D eigenvalue weighted by Crippen LogP contribution is 2.27. The van der Waals surface area contributed by atoms with Crippen LogP contribution in [-0.4, -0.2) is 64.1 Å². The summed E-state index contributed by atoms with van der Waals surface area (Å²) in [7, 11) is -3.63. The van der Waals surface area contributed by atoms with E-state index in [0.717, 1.165) is 18.5 Å². The molecular weight excluding hydrogens is 378 g/mol. The fourth-order valence-electron chi connectivity index (χ4n) is 3.46. The van der Waals surface area contributed by atoms with Crippen molar-refractivity contribution in [3.05, 3.63) is 23.8 Å². The molecule has 1 aliphatic rings. The minimum Gasteiger partial charge on any atom is -0.378 e. The Morgan fingerprint density at radius 2 is 1.86 bits per heavy atom. The Balaban J connectivity index is 2.45. The third-order valence-corrected chi connectivity index (χ3v) is 7.05. The molecule has 28 heavy (non-hydrogen) atoms. The van der Waals surface area contributed by atoms with Crippen molar-refractivity contribution in [1.29, 1.82) is 0 Å². The van der Waals surface area contributed by atoms with Gasteiger partial charge in [-0.05, 0) is 31.5 Å². The molecule has 1 N–H and O–H groups in total. The minimum atomic E-state index is -3.63. The van der Waals surface area contributed by atoms with Crippen molar-refractivity contribution < 1.29 is 17.9 Å². The van der Waals surface area contributed by atoms with Crippen molar-refractivity contribution in [2.45, 2.75) is 51.5 Å². The first-order valence-corrected chi connectivity index (χ1v) is 11.6. The maximum Gasteiger partial charge on any atom is 0.253 e. The molecular formula is C20H33N3O4S. The maximum atomic E-state index is 13.0. The van der Waals surface area contributed by atoms with Gasteiger partial charge >= 0.3 is 0 Å². The van der Waals surface area contributed by atoms with Crippen LogP contribution in [0.15, 0.2) is 23.1 Å². The van der Waals surface area contributed by atoms with E-state index in [9.17, 15) is 13.2 Å². The number of hydrogen-bond acceptors (Lipinski definition) is 5. The van der Waals surface area contributed by atoms with Crippen LogP contribution in [0, 0.1) is 0 Å². The molecule has 0 aliphatic carbocycles. The molecule has 1 fully saturated rings. The lowest BCUT2D eigenvalue weighted by molar-refractivity contribution is 0.0936. The van der Waals surface area contributed by atoms with Crippen molar-refractivity contribution in [2.75, 3.05) is 44.3 Å². The average Bonchev–Trinajstić information content (AvgIpc) is 2.69. The van der Waals surface area contributed by atoms with Gasteiger partial charge in [0.15, 0.2) is 0 Å². The molecule has 7 nitrogen and oxygen atoms in total. The normalized spacial score (nSPS) is 16.2. The predicted octanol–water partition coefficient (Wildman–Crippen LogP) is 2.47. The molecule has 8 heteroatoms. The van der Waals surface area contributed by atoms with Crippen LogP contribution < -0.4 is 10.2 Å². The van der Waals surface area contributed by atoms with Crippen molar-refractivity contribution >= 4 is 21.6 Å². The molecule has 1 atom stereocenters. The molecule has 0 saturated carbocycles. The van der Waals surface area contributed by atoms with E-state index in [1.54, 1.807) is 12.1 Å². The lowest BCUT2D eigenvalue weighted by atomic mass is 10.1. The van der Waals surface area contributed by atoms with Crippen LogP contribution in [0.1, 0.15) is 50.9 Å². The highest BCUT2D eigenvalue weighted by molar-refractivity contribution is 7.89. The number of nitrogens with zero attached hydrogens (tertiary/aromatic N) is 2. The van der Waals surface area contributed by atoms with Gasteiger partial charge < -0.3 is 15.0 Å². The summed E-state index contributed by atoms with van der Waals surface area (Å²) in [6, 6.07) is 4.90. The molecule has 0 radical (unpaired) electrons. The predicted molar refractivity (Wildman–Crippen MR) is 111 cm³/mol. The molecule has 2 rings (SSSR count). The van der Waals surface area contributed by atoms with Crippen LogP contribution in [0.2, 0.25) is 0 Å². The minimum absolute atomic E-state index is 0.0260. The Morgan fingerprint density at radius 3 is 2.43 bits per heavy atom. The zero-order chi connectivity index (χ0) is 20.7. The molecule has 0 bridgehead atoms. The van der Waals surface area contributed by atoms with Gasteiger partial charge in [0.25, 0.3) is 5.91 Å². The van der Waals surface area contributed by atoms with E-state index in [1.807, 2.05) is 20.8 Å². The van der Waals surface area contributed by atoms with Gasteiger partial charge in [0.1, 0.15) is 0 Å². The van der Waals surface area contributed by atoms with Gasteiger partial charge in [-0.2, -0.15) is 4.31 Å². The largest absolute Gasteiger partial charge is 0.378 e. The molecule has 0 spiro atoms. The third-order valence-electron chi connectivity index (χ3n) is 5.01. The summed E-state index contributed by atoms with van der Waals surface area (Å²) in [5.41, 5.74) is 1.15. The molecule has 1 heterocycles. The summed E-state index contributed by atoms with van der Waals surface area (Å²) >= 11 is 0. The second kappa shape index (κ2) is 10.2. The second-order valence-corrected chi connectivity index (χ2v) is 8.97. The van der Waals surface area contributed by atoms with Gasteiger partial charge in [-0.3, -0.25) is 4.79 Å². The Hall–Kier alpha value is -1.64. The smallest absolute Gasteiger partial charge is 0.253 e. The van der Waals surface area contributed by atoms with Crippen LogP contribution in [0.5, 0.6) is 0 Å². The number of hydrogen-bond donors (Lipinski definition) is 1. The summed E-state index contributed by atoms with van der Waals surface area (Å²) < 4.78 is 32.7. The van der Waals surface area contributed by atoms with Gasteiger partial charge in [-0.25, -0.2) is 8.42 Å². The third kappa shape index (κ3) is 5.24. The van der Waals surface area contributed by atoms with Gasteiger partial charge in [-0.1, -0.05) is 27.2 Å². The summed E-state index contributed by atoms with van der Waals surface area (Å²) in [6.45, 7) is 11.0. The fourth-order valence-corrected chi connectivity index (χ4v) is 4.94. The van der Waals surface area contributed by atoms with E-state index in [2.05, 4.69) is 17.1 Å². The van der Waals surface area contributed by atoms with E-state index >= 15 is 0 Å². The molecule has 1 saturated heterocycles. The summed E-state index contributed by atoms with van der Waals surface area (Å²) in [5, 5.41) is 3.01. The lowest BCUT2D eigenvalue weighted by Gasteiger charge is -2.31. The number of amides is 1. The van der Waals surface area contributed by atoms with Crippen molar-refractivity contribution in [1.82, 2.24) is 9.62 Å². The number of carbonyl (C=O) groups excluding carboxylic acids is 1. The Labute approximate surface area is 169 Å². The van der Waals surface area contributed by atoms with Crippen molar-refractivity contribution in [3.8, 4) is 0 Å². The molecule has 1 aliphatic heterocycles. The number of morpholine rings is 1. The quantitative estimate of drug-likeness (QED) is 0.675. The van der Waals surface area contributed by atoms with Crippen LogP contribution >= 0.6 is 0 Å². The van der Waals surface area contributed by atoms with Crippen LogP contribution in [0.4, 0.5) is 5.69 Å². The van der Waals surface area contributed by atoms with E-state index in [1.165, 1.54) is 10.4 Å². The first-order chi connectivity index (χ1) is 13.3. The topological polar surface area (TPSA) is 79.0 Å². The zero-order valence-electron chi connectivity index (χ0n) is 17.4. The van der Waals surface area contributed by atoms with E-state index in [4.69, 9.17) is 4.74 Å². The molecule has 0 unspecified atom stereocenters. The highest BCUT2D eigenvalue weighted by Gasteiger charge is 2.26. The summed E-state index contributed by atoms with van der Waals surface area (Å²) in [5.74, 6) is -0.237. The van der Waals surface area contributed by atoms with Crippen LogP contribution in [0.25, 0.3) is 0 Å². The number of benzene rings is 1. The van der Waals surface area contributed by atoms with E-state index in [-0.39, 0.29) is 16.8 Å². The number of carbonyl (C=O) groups is 1. The maximum absolute atomic E-state index is 13.0. The first-order valence-electron chi connectivity index (χ1n) is 10.1. The molecule has 1 amide bonds. The highest BCUT2D eigenvalue weighted by atomic mass is 32.2. The Morgan fingerprint density at radius 1 is 1.21 bits per heavy atom. The average molecular weight is 412 g/mol. The lowest BCUT2D eigenvalue weighted by Crippen LogP contribution is -2.39. The van der Waals surface area contributed by atoms with Gasteiger partial charge in [0, 0.05) is 37.9 Å².